The predicted octanol–water partition coefficient (Wildman–Crippen LogP) is 1.95. The normalized spacial score (nSPS) is 10.0. The second kappa shape index (κ2) is 7.00. The summed E-state index contributed by atoms with van der Waals surface area (Å²) >= 11 is 0. The van der Waals surface area contributed by atoms with Crippen LogP contribution < -0.4 is 5.32 Å². The number of hydrogen-bond donors (Lipinski definition) is 1. The summed E-state index contributed by atoms with van der Waals surface area (Å²) < 4.78 is 1.97. The van der Waals surface area contributed by atoms with Crippen molar-refractivity contribution >= 4 is 11.5 Å². The Morgan fingerprint density at radius 3 is 3.00 bits per heavy atom. The Bertz CT molecular complexity index is 647. The maximum absolute atomic E-state index is 10.9. The first-order valence-corrected chi connectivity index (χ1v) is 6.45. The van der Waals surface area contributed by atoms with E-state index in [0.29, 0.717) is 6.54 Å². The first-order chi connectivity index (χ1) is 10.2. The van der Waals surface area contributed by atoms with Gasteiger partial charge in [0.2, 0.25) is 5.82 Å². The van der Waals surface area contributed by atoms with E-state index in [-0.39, 0.29) is 17.1 Å². The summed E-state index contributed by atoms with van der Waals surface area (Å²) in [5.41, 5.74) is -0.00369. The SMILES string of the molecule is N#Cc1cnc(NCCCCn2ccnc2)c([N+](=O)[O-])c1. The fourth-order valence-corrected chi connectivity index (χ4v) is 1.83. The molecule has 0 aromatic carbocycles. The Morgan fingerprint density at radius 2 is 2.33 bits per heavy atom. The van der Waals surface area contributed by atoms with E-state index in [9.17, 15) is 10.1 Å². The minimum Gasteiger partial charge on any atom is -0.364 e. The lowest BCUT2D eigenvalue weighted by Crippen LogP contribution is -2.07. The smallest absolute Gasteiger partial charge is 0.312 e. The molecule has 8 nitrogen and oxygen atoms in total. The number of aromatic nitrogens is 3. The van der Waals surface area contributed by atoms with E-state index >= 15 is 0 Å². The minimum absolute atomic E-state index is 0.173. The summed E-state index contributed by atoms with van der Waals surface area (Å²) in [7, 11) is 0. The molecule has 0 bridgehead atoms. The van der Waals surface area contributed by atoms with Gasteiger partial charge in [-0.2, -0.15) is 5.26 Å². The van der Waals surface area contributed by atoms with E-state index in [4.69, 9.17) is 5.26 Å². The average molecular weight is 286 g/mol. The van der Waals surface area contributed by atoms with Crippen LogP contribution in [-0.2, 0) is 6.54 Å². The number of nitriles is 1. The zero-order valence-corrected chi connectivity index (χ0v) is 11.3. The van der Waals surface area contributed by atoms with Crippen LogP contribution >= 0.6 is 0 Å². The summed E-state index contributed by atoms with van der Waals surface area (Å²) in [5.74, 6) is 0.196. The molecule has 2 rings (SSSR count). The molecular formula is C13H14N6O2. The molecule has 0 spiro atoms. The maximum Gasteiger partial charge on any atom is 0.312 e. The van der Waals surface area contributed by atoms with Gasteiger partial charge in [-0.25, -0.2) is 9.97 Å². The first-order valence-electron chi connectivity index (χ1n) is 6.45. The molecule has 1 N–H and O–H groups in total. The Morgan fingerprint density at radius 1 is 1.48 bits per heavy atom. The highest BCUT2D eigenvalue weighted by atomic mass is 16.6. The van der Waals surface area contributed by atoms with Crippen molar-refractivity contribution in [3.63, 3.8) is 0 Å². The van der Waals surface area contributed by atoms with Crippen LogP contribution in [0.15, 0.2) is 31.0 Å². The number of anilines is 1. The van der Waals surface area contributed by atoms with E-state index < -0.39 is 4.92 Å². The Balaban J connectivity index is 1.85. The monoisotopic (exact) mass is 286 g/mol. The van der Waals surface area contributed by atoms with Crippen LogP contribution in [0.25, 0.3) is 0 Å². The van der Waals surface area contributed by atoms with E-state index in [0.717, 1.165) is 19.4 Å². The summed E-state index contributed by atoms with van der Waals surface area (Å²) in [6.45, 7) is 1.43. The Labute approximate surface area is 121 Å². The highest BCUT2D eigenvalue weighted by Crippen LogP contribution is 2.22. The van der Waals surface area contributed by atoms with Gasteiger partial charge in [0.25, 0.3) is 0 Å². The third-order valence-electron chi connectivity index (χ3n) is 2.89. The summed E-state index contributed by atoms with van der Waals surface area (Å²) in [6, 6.07) is 3.06. The van der Waals surface area contributed by atoms with Crippen LogP contribution in [0.5, 0.6) is 0 Å². The zero-order chi connectivity index (χ0) is 15.1. The van der Waals surface area contributed by atoms with Crippen molar-refractivity contribution in [2.75, 3.05) is 11.9 Å². The molecule has 0 aliphatic rings. The molecule has 0 saturated carbocycles. The molecule has 0 unspecified atom stereocenters. The number of imidazole rings is 1. The van der Waals surface area contributed by atoms with Crippen LogP contribution in [0.2, 0.25) is 0 Å². The van der Waals surface area contributed by atoms with Crippen molar-refractivity contribution in [3.05, 3.63) is 46.7 Å². The minimum atomic E-state index is -0.540. The molecule has 0 aliphatic heterocycles. The lowest BCUT2D eigenvalue weighted by atomic mass is 10.2. The van der Waals surface area contributed by atoms with Gasteiger partial charge in [-0.1, -0.05) is 0 Å². The summed E-state index contributed by atoms with van der Waals surface area (Å²) in [6.07, 6.45) is 8.45. The number of nitro groups is 1. The van der Waals surface area contributed by atoms with E-state index in [1.165, 1.54) is 12.3 Å². The van der Waals surface area contributed by atoms with Crippen LogP contribution in [-0.4, -0.2) is 26.0 Å². The molecule has 0 radical (unpaired) electrons. The van der Waals surface area contributed by atoms with E-state index in [1.807, 2.05) is 16.8 Å². The largest absolute Gasteiger partial charge is 0.364 e. The fourth-order valence-electron chi connectivity index (χ4n) is 1.83. The molecule has 2 aromatic heterocycles. The van der Waals surface area contributed by atoms with Crippen molar-refractivity contribution in [3.8, 4) is 6.07 Å². The number of hydrogen-bond acceptors (Lipinski definition) is 6. The predicted molar refractivity (Wildman–Crippen MR) is 75.6 cm³/mol. The maximum atomic E-state index is 10.9. The molecule has 0 saturated heterocycles. The van der Waals surface area contributed by atoms with E-state index in [2.05, 4.69) is 15.3 Å². The van der Waals surface area contributed by atoms with Crippen molar-refractivity contribution < 1.29 is 4.92 Å². The van der Waals surface area contributed by atoms with Gasteiger partial charge in [-0.15, -0.1) is 0 Å². The average Bonchev–Trinajstić information content (AvgIpc) is 3.00. The highest BCUT2D eigenvalue weighted by Gasteiger charge is 2.15. The first kappa shape index (κ1) is 14.5. The van der Waals surface area contributed by atoms with Gasteiger partial charge >= 0.3 is 5.69 Å². The van der Waals surface area contributed by atoms with Gasteiger partial charge in [0.05, 0.1) is 16.8 Å². The standard InChI is InChI=1S/C13H14N6O2/c14-8-11-7-12(19(20)21)13(17-9-11)16-3-1-2-5-18-6-4-15-10-18/h4,6-7,9-10H,1-3,5H2,(H,16,17). The molecule has 2 aromatic rings. The van der Waals surface area contributed by atoms with Crippen LogP contribution in [0.1, 0.15) is 18.4 Å². The van der Waals surface area contributed by atoms with Gasteiger partial charge in [-0.3, -0.25) is 10.1 Å². The Kier molecular flexibility index (Phi) is 4.82. The lowest BCUT2D eigenvalue weighted by Gasteiger charge is -2.06. The number of pyridine rings is 1. The fraction of sp³-hybridized carbons (Fsp3) is 0.308. The molecule has 108 valence electrons. The zero-order valence-electron chi connectivity index (χ0n) is 11.3. The number of nitrogens with zero attached hydrogens (tertiary/aromatic N) is 5. The second-order valence-electron chi connectivity index (χ2n) is 4.40. The molecule has 0 aliphatic carbocycles. The molecule has 2 heterocycles. The van der Waals surface area contributed by atoms with E-state index in [1.54, 1.807) is 12.5 Å². The molecule has 8 heteroatoms. The van der Waals surface area contributed by atoms with Gasteiger partial charge in [-0.05, 0) is 12.8 Å². The highest BCUT2D eigenvalue weighted by molar-refractivity contribution is 5.58. The summed E-state index contributed by atoms with van der Waals surface area (Å²) in [4.78, 5) is 18.3. The van der Waals surface area contributed by atoms with Crippen molar-refractivity contribution in [2.45, 2.75) is 19.4 Å². The van der Waals surface area contributed by atoms with Crippen LogP contribution in [0.4, 0.5) is 11.5 Å². The topological polar surface area (TPSA) is 110 Å². The third-order valence-corrected chi connectivity index (χ3v) is 2.89. The number of aryl methyl sites for hydroxylation is 1. The third kappa shape index (κ3) is 4.01. The van der Waals surface area contributed by atoms with Gasteiger partial charge < -0.3 is 9.88 Å². The molecular weight excluding hydrogens is 272 g/mol. The van der Waals surface area contributed by atoms with Gasteiger partial charge in [0, 0.05) is 37.7 Å². The Hall–Kier alpha value is -2.95. The van der Waals surface area contributed by atoms with Gasteiger partial charge in [0.15, 0.2) is 0 Å². The molecule has 0 amide bonds. The lowest BCUT2D eigenvalue weighted by molar-refractivity contribution is -0.384. The molecule has 0 fully saturated rings. The summed E-state index contributed by atoms with van der Waals surface area (Å²) in [5, 5.41) is 22.6. The molecule has 0 atom stereocenters. The number of rotatable bonds is 7. The number of nitrogens with one attached hydrogen (secondary N) is 1. The van der Waals surface area contributed by atoms with Gasteiger partial charge in [0.1, 0.15) is 6.07 Å². The van der Waals surface area contributed by atoms with Crippen LogP contribution in [0, 0.1) is 21.4 Å². The quantitative estimate of drug-likeness (QED) is 0.473. The van der Waals surface area contributed by atoms with Crippen molar-refractivity contribution in [2.24, 2.45) is 0 Å². The second-order valence-corrected chi connectivity index (χ2v) is 4.40. The number of unbranched alkanes of at least 4 members (excludes halogenated alkanes) is 1. The van der Waals surface area contributed by atoms with Crippen molar-refractivity contribution in [1.29, 1.82) is 5.26 Å². The van der Waals surface area contributed by atoms with Crippen molar-refractivity contribution in [1.82, 2.24) is 14.5 Å². The molecule has 21 heavy (non-hydrogen) atoms. The van der Waals surface area contributed by atoms with Crippen LogP contribution in [0.3, 0.4) is 0 Å².